The number of ether oxygens (including phenoxy) is 2. The molecule has 0 aliphatic carbocycles. The third-order valence-corrected chi connectivity index (χ3v) is 3.80. The SMILES string of the molecule is C1CCOC1.CC(C)(C)OC(=O)c1ccc(C=O)cc1.O=Cc1ccc(C(=O)O)cc1. The van der Waals surface area contributed by atoms with Crippen LogP contribution in [0, 0.1) is 0 Å². The highest BCUT2D eigenvalue weighted by molar-refractivity contribution is 5.90. The fraction of sp³-hybridized carbons (Fsp3) is 0.333. The minimum absolute atomic E-state index is 0.190. The first-order valence-corrected chi connectivity index (χ1v) is 9.81. The first-order valence-electron chi connectivity index (χ1n) is 9.81. The molecule has 0 radical (unpaired) electrons. The highest BCUT2D eigenvalue weighted by Gasteiger charge is 2.17. The van der Waals surface area contributed by atoms with E-state index in [1.807, 2.05) is 20.8 Å². The van der Waals surface area contributed by atoms with E-state index in [4.69, 9.17) is 14.6 Å². The summed E-state index contributed by atoms with van der Waals surface area (Å²) in [5, 5.41) is 8.46. The highest BCUT2D eigenvalue weighted by Crippen LogP contribution is 2.12. The summed E-state index contributed by atoms with van der Waals surface area (Å²) in [5.41, 5.74) is 1.17. The van der Waals surface area contributed by atoms with Gasteiger partial charge in [0.25, 0.3) is 0 Å². The number of aromatic carboxylic acids is 1. The van der Waals surface area contributed by atoms with Crippen LogP contribution in [0.15, 0.2) is 48.5 Å². The summed E-state index contributed by atoms with van der Waals surface area (Å²) >= 11 is 0. The van der Waals surface area contributed by atoms with Crippen molar-refractivity contribution in [2.75, 3.05) is 13.2 Å². The van der Waals surface area contributed by atoms with Crippen LogP contribution in [0.5, 0.6) is 0 Å². The van der Waals surface area contributed by atoms with Crippen LogP contribution in [0.2, 0.25) is 0 Å². The second kappa shape index (κ2) is 13.1. The number of hydrogen-bond donors (Lipinski definition) is 1. The van der Waals surface area contributed by atoms with E-state index in [-0.39, 0.29) is 11.5 Å². The maximum atomic E-state index is 11.5. The molecule has 0 atom stereocenters. The van der Waals surface area contributed by atoms with E-state index in [1.54, 1.807) is 24.3 Å². The lowest BCUT2D eigenvalue weighted by Gasteiger charge is -2.19. The Morgan fingerprint density at radius 2 is 1.26 bits per heavy atom. The van der Waals surface area contributed by atoms with Crippen molar-refractivity contribution in [3.05, 3.63) is 70.8 Å². The maximum Gasteiger partial charge on any atom is 0.338 e. The van der Waals surface area contributed by atoms with E-state index < -0.39 is 11.6 Å². The van der Waals surface area contributed by atoms with Crippen molar-refractivity contribution in [2.24, 2.45) is 0 Å². The van der Waals surface area contributed by atoms with Gasteiger partial charge in [-0.2, -0.15) is 0 Å². The molecule has 0 aromatic heterocycles. The van der Waals surface area contributed by atoms with E-state index in [2.05, 4.69) is 0 Å². The fourth-order valence-electron chi connectivity index (χ4n) is 2.25. The molecule has 0 bridgehead atoms. The first kappa shape index (κ1) is 25.7. The normalized spacial score (nSPS) is 12.4. The fourth-order valence-corrected chi connectivity index (χ4v) is 2.25. The molecule has 7 nitrogen and oxygen atoms in total. The molecule has 1 aliphatic heterocycles. The van der Waals surface area contributed by atoms with Gasteiger partial charge >= 0.3 is 11.9 Å². The van der Waals surface area contributed by atoms with Gasteiger partial charge in [0.2, 0.25) is 0 Å². The molecule has 2 aromatic rings. The lowest BCUT2D eigenvalue weighted by molar-refractivity contribution is 0.00691. The smallest absolute Gasteiger partial charge is 0.338 e. The van der Waals surface area contributed by atoms with Crippen LogP contribution in [0.4, 0.5) is 0 Å². The van der Waals surface area contributed by atoms with Crippen LogP contribution in [-0.2, 0) is 9.47 Å². The number of benzene rings is 2. The summed E-state index contributed by atoms with van der Waals surface area (Å²) in [6.45, 7) is 7.43. The van der Waals surface area contributed by atoms with Crippen LogP contribution in [0.25, 0.3) is 0 Å². The van der Waals surface area contributed by atoms with Gasteiger partial charge in [0.1, 0.15) is 18.2 Å². The number of carbonyl (C=O) groups is 4. The molecule has 0 spiro atoms. The number of aldehydes is 2. The summed E-state index contributed by atoms with van der Waals surface area (Å²) in [4.78, 5) is 42.4. The Balaban J connectivity index is 0.000000260. The Hall–Kier alpha value is -3.32. The lowest BCUT2D eigenvalue weighted by Crippen LogP contribution is -2.23. The topological polar surface area (TPSA) is 107 Å². The molecular formula is C24H28O7. The van der Waals surface area contributed by atoms with Crippen LogP contribution >= 0.6 is 0 Å². The number of hydrogen-bond acceptors (Lipinski definition) is 6. The van der Waals surface area contributed by atoms with Crippen molar-refractivity contribution in [1.82, 2.24) is 0 Å². The van der Waals surface area contributed by atoms with Gasteiger partial charge < -0.3 is 14.6 Å². The molecule has 166 valence electrons. The van der Waals surface area contributed by atoms with E-state index in [9.17, 15) is 19.2 Å². The van der Waals surface area contributed by atoms with E-state index >= 15 is 0 Å². The second-order valence-corrected chi connectivity index (χ2v) is 7.61. The zero-order valence-corrected chi connectivity index (χ0v) is 18.0. The predicted molar refractivity (Wildman–Crippen MR) is 116 cm³/mol. The predicted octanol–water partition coefficient (Wildman–Crippen LogP) is 4.45. The molecule has 7 heteroatoms. The minimum Gasteiger partial charge on any atom is -0.478 e. The van der Waals surface area contributed by atoms with Crippen molar-refractivity contribution in [3.8, 4) is 0 Å². The molecule has 1 N–H and O–H groups in total. The Morgan fingerprint density at radius 3 is 1.55 bits per heavy atom. The summed E-state index contributed by atoms with van der Waals surface area (Å²) in [7, 11) is 0. The summed E-state index contributed by atoms with van der Waals surface area (Å²) in [5.74, 6) is -1.36. The lowest BCUT2D eigenvalue weighted by atomic mass is 10.1. The van der Waals surface area contributed by atoms with Gasteiger partial charge in [-0.05, 0) is 57.9 Å². The van der Waals surface area contributed by atoms with Crippen LogP contribution in [-0.4, -0.2) is 48.4 Å². The van der Waals surface area contributed by atoms with Gasteiger partial charge in [0.15, 0.2) is 0 Å². The summed E-state index contributed by atoms with van der Waals surface area (Å²) in [6, 6.07) is 12.1. The molecule has 0 amide bonds. The highest BCUT2D eigenvalue weighted by atomic mass is 16.6. The number of carboxylic acid groups (broad SMARTS) is 1. The van der Waals surface area contributed by atoms with Gasteiger partial charge in [0, 0.05) is 24.3 Å². The number of rotatable bonds is 4. The van der Waals surface area contributed by atoms with Crippen LogP contribution in [0.1, 0.15) is 75.0 Å². The molecule has 0 saturated carbocycles. The quantitative estimate of drug-likeness (QED) is 0.566. The van der Waals surface area contributed by atoms with Gasteiger partial charge in [-0.15, -0.1) is 0 Å². The Morgan fingerprint density at radius 1 is 0.839 bits per heavy atom. The van der Waals surface area contributed by atoms with Crippen molar-refractivity contribution in [3.63, 3.8) is 0 Å². The first-order chi connectivity index (χ1) is 14.7. The standard InChI is InChI=1S/C12H14O3.C8H6O3.C4H8O/c1-12(2,3)15-11(14)10-6-4-9(8-13)5-7-10;9-5-6-1-3-7(4-2-6)8(10)11;1-2-4-5-3-1/h4-8H,1-3H3;1-5H,(H,10,11);1-4H2. The third-order valence-electron chi connectivity index (χ3n) is 3.80. The zero-order valence-electron chi connectivity index (χ0n) is 18.0. The van der Waals surface area contributed by atoms with Crippen LogP contribution < -0.4 is 0 Å². The monoisotopic (exact) mass is 428 g/mol. The van der Waals surface area contributed by atoms with Crippen molar-refractivity contribution in [1.29, 1.82) is 0 Å². The minimum atomic E-state index is -0.984. The molecule has 31 heavy (non-hydrogen) atoms. The largest absolute Gasteiger partial charge is 0.478 e. The van der Waals surface area contributed by atoms with Crippen LogP contribution in [0.3, 0.4) is 0 Å². The third kappa shape index (κ3) is 10.9. The number of carbonyl (C=O) groups excluding carboxylic acids is 3. The average Bonchev–Trinajstić information content (AvgIpc) is 3.33. The Bertz CT molecular complexity index is 835. The maximum absolute atomic E-state index is 11.5. The number of esters is 1. The average molecular weight is 428 g/mol. The van der Waals surface area contributed by atoms with Crippen molar-refractivity contribution in [2.45, 2.75) is 39.2 Å². The van der Waals surface area contributed by atoms with Gasteiger partial charge in [-0.1, -0.05) is 24.3 Å². The van der Waals surface area contributed by atoms with Gasteiger partial charge in [-0.25, -0.2) is 9.59 Å². The molecular weight excluding hydrogens is 400 g/mol. The molecule has 2 aromatic carbocycles. The van der Waals surface area contributed by atoms with Gasteiger partial charge in [0.05, 0.1) is 11.1 Å². The molecule has 1 saturated heterocycles. The molecule has 3 rings (SSSR count). The Kier molecular flexibility index (Phi) is 10.8. The summed E-state index contributed by atoms with van der Waals surface area (Å²) in [6.07, 6.45) is 3.96. The second-order valence-electron chi connectivity index (χ2n) is 7.61. The van der Waals surface area contributed by atoms with E-state index in [1.165, 1.54) is 37.1 Å². The molecule has 1 fully saturated rings. The number of carboxylic acids is 1. The molecule has 0 unspecified atom stereocenters. The summed E-state index contributed by atoms with van der Waals surface area (Å²) < 4.78 is 10.1. The van der Waals surface area contributed by atoms with Gasteiger partial charge in [-0.3, -0.25) is 9.59 Å². The molecule has 1 aliphatic rings. The van der Waals surface area contributed by atoms with E-state index in [0.717, 1.165) is 19.5 Å². The molecule has 1 heterocycles. The van der Waals surface area contributed by atoms with Crippen molar-refractivity contribution < 1.29 is 33.8 Å². The van der Waals surface area contributed by atoms with E-state index in [0.29, 0.717) is 23.0 Å². The van der Waals surface area contributed by atoms with Crippen molar-refractivity contribution >= 4 is 24.5 Å². The zero-order chi connectivity index (χ0) is 23.3. The Labute approximate surface area is 182 Å².